The highest BCUT2D eigenvalue weighted by Gasteiger charge is 2.27. The Morgan fingerprint density at radius 2 is 2.00 bits per heavy atom. The molecule has 1 aromatic carbocycles. The molecule has 0 radical (unpaired) electrons. The Kier molecular flexibility index (Phi) is 2.90. The van der Waals surface area contributed by atoms with Gasteiger partial charge in [-0.15, -0.1) is 0 Å². The predicted octanol–water partition coefficient (Wildman–Crippen LogP) is 4.23. The minimum absolute atomic E-state index is 0.216. The van der Waals surface area contributed by atoms with Crippen LogP contribution < -0.4 is 0 Å². The van der Waals surface area contributed by atoms with E-state index in [0.29, 0.717) is 5.92 Å². The maximum atomic E-state index is 13.1. The minimum Gasteiger partial charge on any atom is -0.233 e. The normalized spacial score (nSPS) is 14.8. The molecular weight excluding hydrogens is 295 g/mol. The quantitative estimate of drug-likeness (QED) is 0.776. The van der Waals surface area contributed by atoms with Crippen LogP contribution in [0.15, 0.2) is 28.9 Å². The van der Waals surface area contributed by atoms with E-state index in [4.69, 9.17) is 0 Å². The Morgan fingerprint density at radius 1 is 1.22 bits per heavy atom. The second-order valence-corrected chi connectivity index (χ2v) is 5.48. The Labute approximate surface area is 113 Å². The molecule has 1 aliphatic carbocycles. The second kappa shape index (κ2) is 4.43. The van der Waals surface area contributed by atoms with Gasteiger partial charge in [0, 0.05) is 11.5 Å². The number of halogens is 2. The maximum absolute atomic E-state index is 13.1. The van der Waals surface area contributed by atoms with E-state index in [-0.39, 0.29) is 5.82 Å². The van der Waals surface area contributed by atoms with Crippen LogP contribution in [0.2, 0.25) is 0 Å². The van der Waals surface area contributed by atoms with Gasteiger partial charge in [0.05, 0.1) is 5.69 Å². The second-order valence-electron chi connectivity index (χ2n) is 4.67. The first-order valence-electron chi connectivity index (χ1n) is 5.94. The lowest BCUT2D eigenvalue weighted by Gasteiger charge is -2.07. The molecule has 1 saturated carbocycles. The van der Waals surface area contributed by atoms with E-state index in [0.717, 1.165) is 40.1 Å². The molecule has 92 valence electrons. The molecule has 1 fully saturated rings. The van der Waals surface area contributed by atoms with Crippen LogP contribution in [0.4, 0.5) is 4.39 Å². The largest absolute Gasteiger partial charge is 0.233 e. The number of aryl methyl sites for hydroxylation is 1. The molecule has 1 aromatic heterocycles. The Hall–Kier alpha value is -1.29. The van der Waals surface area contributed by atoms with Crippen LogP contribution in [0.25, 0.3) is 11.3 Å². The van der Waals surface area contributed by atoms with Crippen LogP contribution in [0.3, 0.4) is 0 Å². The first-order chi connectivity index (χ1) is 8.63. The van der Waals surface area contributed by atoms with Crippen molar-refractivity contribution in [2.45, 2.75) is 25.7 Å². The number of aromatic nitrogens is 2. The predicted molar refractivity (Wildman–Crippen MR) is 71.8 cm³/mol. The summed E-state index contributed by atoms with van der Waals surface area (Å²) >= 11 is 3.42. The van der Waals surface area contributed by atoms with Crippen molar-refractivity contribution in [3.8, 4) is 11.3 Å². The highest BCUT2D eigenvalue weighted by molar-refractivity contribution is 9.10. The van der Waals surface area contributed by atoms with Crippen LogP contribution in [-0.2, 0) is 0 Å². The fraction of sp³-hybridized carbons (Fsp3) is 0.286. The molecule has 1 aliphatic rings. The van der Waals surface area contributed by atoms with E-state index in [1.807, 2.05) is 13.0 Å². The number of hydrogen-bond acceptors (Lipinski definition) is 2. The molecule has 0 spiro atoms. The average Bonchev–Trinajstić information content (AvgIpc) is 3.11. The van der Waals surface area contributed by atoms with Gasteiger partial charge >= 0.3 is 0 Å². The molecule has 3 rings (SSSR count). The standard InChI is InChI=1S/C14H12BrFN2/c1-8-6-10(16)4-5-11(8)12-7-13(15)18-14(17-12)9-2-3-9/h4-7,9H,2-3H2,1H3. The van der Waals surface area contributed by atoms with E-state index in [1.165, 1.54) is 12.1 Å². The molecule has 0 bridgehead atoms. The minimum atomic E-state index is -0.216. The van der Waals surface area contributed by atoms with Gasteiger partial charge in [-0.25, -0.2) is 14.4 Å². The van der Waals surface area contributed by atoms with Gasteiger partial charge in [-0.1, -0.05) is 0 Å². The highest BCUT2D eigenvalue weighted by atomic mass is 79.9. The molecule has 0 unspecified atom stereocenters. The van der Waals surface area contributed by atoms with Crippen molar-refractivity contribution in [3.63, 3.8) is 0 Å². The molecule has 0 N–H and O–H groups in total. The van der Waals surface area contributed by atoms with Gasteiger partial charge in [-0.3, -0.25) is 0 Å². The summed E-state index contributed by atoms with van der Waals surface area (Å²) in [6, 6.07) is 6.65. The van der Waals surface area contributed by atoms with Gasteiger partial charge in [0.15, 0.2) is 0 Å². The molecule has 2 aromatic rings. The van der Waals surface area contributed by atoms with Gasteiger partial charge in [0.2, 0.25) is 0 Å². The molecule has 0 atom stereocenters. The molecule has 0 amide bonds. The summed E-state index contributed by atoms with van der Waals surface area (Å²) in [4.78, 5) is 8.99. The molecule has 1 heterocycles. The number of rotatable bonds is 2. The fourth-order valence-electron chi connectivity index (χ4n) is 2.01. The molecule has 18 heavy (non-hydrogen) atoms. The molecule has 0 aliphatic heterocycles. The van der Waals surface area contributed by atoms with Crippen LogP contribution in [0, 0.1) is 12.7 Å². The third-order valence-electron chi connectivity index (χ3n) is 3.12. The number of hydrogen-bond donors (Lipinski definition) is 0. The summed E-state index contributed by atoms with van der Waals surface area (Å²) in [5.74, 6) is 1.18. The van der Waals surface area contributed by atoms with Gasteiger partial charge in [0.1, 0.15) is 16.2 Å². The van der Waals surface area contributed by atoms with Gasteiger partial charge in [-0.2, -0.15) is 0 Å². The third kappa shape index (κ3) is 2.29. The maximum Gasteiger partial charge on any atom is 0.133 e. The van der Waals surface area contributed by atoms with Crippen molar-refractivity contribution in [1.82, 2.24) is 9.97 Å². The van der Waals surface area contributed by atoms with E-state index in [9.17, 15) is 4.39 Å². The highest BCUT2D eigenvalue weighted by Crippen LogP contribution is 2.39. The van der Waals surface area contributed by atoms with Crippen LogP contribution in [-0.4, -0.2) is 9.97 Å². The van der Waals surface area contributed by atoms with Crippen LogP contribution >= 0.6 is 15.9 Å². The van der Waals surface area contributed by atoms with Crippen molar-refractivity contribution in [3.05, 3.63) is 46.1 Å². The van der Waals surface area contributed by atoms with Gasteiger partial charge in [-0.05, 0) is 65.5 Å². The summed E-state index contributed by atoms with van der Waals surface area (Å²) < 4.78 is 13.9. The lowest BCUT2D eigenvalue weighted by Crippen LogP contribution is -1.97. The van der Waals surface area contributed by atoms with Crippen LogP contribution in [0.1, 0.15) is 30.1 Å². The van der Waals surface area contributed by atoms with Crippen molar-refractivity contribution in [1.29, 1.82) is 0 Å². The van der Waals surface area contributed by atoms with Crippen molar-refractivity contribution in [2.24, 2.45) is 0 Å². The van der Waals surface area contributed by atoms with E-state index in [2.05, 4.69) is 25.9 Å². The van der Waals surface area contributed by atoms with Crippen molar-refractivity contribution < 1.29 is 4.39 Å². The number of nitrogens with zero attached hydrogens (tertiary/aromatic N) is 2. The zero-order chi connectivity index (χ0) is 12.7. The van der Waals surface area contributed by atoms with Crippen molar-refractivity contribution >= 4 is 15.9 Å². The monoisotopic (exact) mass is 306 g/mol. The van der Waals surface area contributed by atoms with Gasteiger partial charge in [0.25, 0.3) is 0 Å². The molecule has 2 nitrogen and oxygen atoms in total. The summed E-state index contributed by atoms with van der Waals surface area (Å²) in [7, 11) is 0. The zero-order valence-corrected chi connectivity index (χ0v) is 11.5. The Bertz CT molecular complexity index is 609. The lowest BCUT2D eigenvalue weighted by molar-refractivity contribution is 0.627. The van der Waals surface area contributed by atoms with Crippen molar-refractivity contribution in [2.75, 3.05) is 0 Å². The first-order valence-corrected chi connectivity index (χ1v) is 6.74. The summed E-state index contributed by atoms with van der Waals surface area (Å²) in [6.45, 7) is 1.89. The van der Waals surface area contributed by atoms with E-state index < -0.39 is 0 Å². The molecular formula is C14H12BrFN2. The topological polar surface area (TPSA) is 25.8 Å². The average molecular weight is 307 g/mol. The smallest absolute Gasteiger partial charge is 0.133 e. The van der Waals surface area contributed by atoms with Gasteiger partial charge < -0.3 is 0 Å². The Morgan fingerprint density at radius 3 is 2.67 bits per heavy atom. The fourth-order valence-corrected chi connectivity index (χ4v) is 2.41. The van der Waals surface area contributed by atoms with E-state index >= 15 is 0 Å². The van der Waals surface area contributed by atoms with Crippen LogP contribution in [0.5, 0.6) is 0 Å². The summed E-state index contributed by atoms with van der Waals surface area (Å²) in [6.07, 6.45) is 2.33. The SMILES string of the molecule is Cc1cc(F)ccc1-c1cc(Br)nc(C2CC2)n1. The van der Waals surface area contributed by atoms with E-state index in [1.54, 1.807) is 6.07 Å². The third-order valence-corrected chi connectivity index (χ3v) is 3.53. The Balaban J connectivity index is 2.10. The molecule has 0 saturated heterocycles. The first kappa shape index (κ1) is 11.8. The lowest BCUT2D eigenvalue weighted by atomic mass is 10.1. The summed E-state index contributed by atoms with van der Waals surface area (Å²) in [5, 5.41) is 0. The zero-order valence-electron chi connectivity index (χ0n) is 9.95. The molecule has 4 heteroatoms. The number of benzene rings is 1. The summed E-state index contributed by atoms with van der Waals surface area (Å²) in [5.41, 5.74) is 2.71.